The van der Waals surface area contributed by atoms with Crippen molar-refractivity contribution in [2.45, 2.75) is 13.5 Å². The van der Waals surface area contributed by atoms with E-state index in [0.717, 1.165) is 11.1 Å². The lowest BCUT2D eigenvalue weighted by Crippen LogP contribution is -2.02. The maximum atomic E-state index is 8.89. The molecule has 0 amide bonds. The van der Waals surface area contributed by atoms with Crippen molar-refractivity contribution in [2.24, 2.45) is 5.16 Å². The first kappa shape index (κ1) is 13.4. The number of oxime groups is 1. The van der Waals surface area contributed by atoms with Crippen molar-refractivity contribution in [3.8, 4) is 11.5 Å². The van der Waals surface area contributed by atoms with E-state index in [9.17, 15) is 0 Å². The zero-order valence-electron chi connectivity index (χ0n) is 10.8. The van der Waals surface area contributed by atoms with Gasteiger partial charge in [0.25, 0.3) is 0 Å². The molecule has 1 heterocycles. The summed E-state index contributed by atoms with van der Waals surface area (Å²) < 4.78 is 11.0. The van der Waals surface area contributed by atoms with Gasteiger partial charge in [0.2, 0.25) is 0 Å². The highest BCUT2D eigenvalue weighted by molar-refractivity contribution is 7.07. The number of rotatable bonds is 5. The molecule has 2 aromatic rings. The van der Waals surface area contributed by atoms with Crippen LogP contribution in [0.1, 0.15) is 18.1 Å². The zero-order valence-corrected chi connectivity index (χ0v) is 11.6. The fraction of sp³-hybridized carbons (Fsp3) is 0.214. The summed E-state index contributed by atoms with van der Waals surface area (Å²) in [7, 11) is 1.60. The highest BCUT2D eigenvalue weighted by Crippen LogP contribution is 2.26. The van der Waals surface area contributed by atoms with E-state index in [1.54, 1.807) is 31.4 Å². The Bertz CT molecular complexity index is 564. The molecule has 0 atom stereocenters. The predicted molar refractivity (Wildman–Crippen MR) is 75.6 cm³/mol. The molecule has 19 heavy (non-hydrogen) atoms. The van der Waals surface area contributed by atoms with E-state index in [2.05, 4.69) is 5.16 Å². The third-order valence-corrected chi connectivity index (χ3v) is 3.44. The van der Waals surface area contributed by atoms with Gasteiger partial charge in [-0.05, 0) is 41.4 Å². The summed E-state index contributed by atoms with van der Waals surface area (Å²) in [5.41, 5.74) is 2.36. The first-order chi connectivity index (χ1) is 9.24. The van der Waals surface area contributed by atoms with Crippen LogP contribution in [0, 0.1) is 0 Å². The van der Waals surface area contributed by atoms with Gasteiger partial charge in [-0.25, -0.2) is 0 Å². The van der Waals surface area contributed by atoms with Crippen LogP contribution in [0.15, 0.2) is 40.2 Å². The second kappa shape index (κ2) is 6.24. The van der Waals surface area contributed by atoms with Gasteiger partial charge in [0.1, 0.15) is 18.1 Å². The van der Waals surface area contributed by atoms with Crippen LogP contribution in [0.25, 0.3) is 0 Å². The number of nitrogens with zero attached hydrogens (tertiary/aromatic N) is 1. The topological polar surface area (TPSA) is 51.0 Å². The Labute approximate surface area is 115 Å². The van der Waals surface area contributed by atoms with Gasteiger partial charge in [-0.15, -0.1) is 0 Å². The average molecular weight is 277 g/mol. The largest absolute Gasteiger partial charge is 0.497 e. The standard InChI is InChI=1S/C14H15NO3S/c1-10(15-16)13-4-3-12(17-2)7-14(13)18-8-11-5-6-19-9-11/h3-7,9,16H,8H2,1-2H3/b15-10+. The van der Waals surface area contributed by atoms with Crippen molar-refractivity contribution >= 4 is 17.0 Å². The van der Waals surface area contributed by atoms with Crippen molar-refractivity contribution in [1.29, 1.82) is 0 Å². The van der Waals surface area contributed by atoms with Crippen LogP contribution in [0.4, 0.5) is 0 Å². The summed E-state index contributed by atoms with van der Waals surface area (Å²) in [6.45, 7) is 2.20. The van der Waals surface area contributed by atoms with Gasteiger partial charge in [0, 0.05) is 11.6 Å². The fourth-order valence-electron chi connectivity index (χ4n) is 1.64. The van der Waals surface area contributed by atoms with E-state index in [1.165, 1.54) is 0 Å². The molecule has 0 radical (unpaired) electrons. The molecule has 100 valence electrons. The summed E-state index contributed by atoms with van der Waals surface area (Å²) in [5, 5.41) is 16.2. The number of thiophene rings is 1. The van der Waals surface area contributed by atoms with Crippen LogP contribution >= 0.6 is 11.3 Å². The van der Waals surface area contributed by atoms with Gasteiger partial charge in [-0.3, -0.25) is 0 Å². The Hall–Kier alpha value is -2.01. The molecular formula is C14H15NO3S. The summed E-state index contributed by atoms with van der Waals surface area (Å²) in [6, 6.07) is 7.42. The molecular weight excluding hydrogens is 262 g/mol. The van der Waals surface area contributed by atoms with E-state index in [4.69, 9.17) is 14.7 Å². The predicted octanol–water partition coefficient (Wildman–Crippen LogP) is 3.53. The lowest BCUT2D eigenvalue weighted by Gasteiger charge is -2.12. The Morgan fingerprint density at radius 1 is 1.37 bits per heavy atom. The first-order valence-electron chi connectivity index (χ1n) is 5.75. The molecule has 1 N–H and O–H groups in total. The molecule has 0 bridgehead atoms. The van der Waals surface area contributed by atoms with Crippen LogP contribution in [0.2, 0.25) is 0 Å². The van der Waals surface area contributed by atoms with Crippen molar-refractivity contribution in [1.82, 2.24) is 0 Å². The number of ether oxygens (including phenoxy) is 2. The Morgan fingerprint density at radius 3 is 2.84 bits per heavy atom. The van der Waals surface area contributed by atoms with Crippen molar-refractivity contribution in [3.63, 3.8) is 0 Å². The molecule has 0 aliphatic rings. The first-order valence-corrected chi connectivity index (χ1v) is 6.70. The highest BCUT2D eigenvalue weighted by atomic mass is 32.1. The molecule has 5 heteroatoms. The van der Waals surface area contributed by atoms with E-state index in [1.807, 2.05) is 29.0 Å². The number of benzene rings is 1. The molecule has 0 fully saturated rings. The Balaban J connectivity index is 2.24. The third-order valence-electron chi connectivity index (χ3n) is 2.70. The SMILES string of the molecule is COc1ccc(/C(C)=N/O)c(OCc2ccsc2)c1. The molecule has 0 unspecified atom stereocenters. The summed E-state index contributed by atoms with van der Waals surface area (Å²) in [6.07, 6.45) is 0. The smallest absolute Gasteiger partial charge is 0.132 e. The third kappa shape index (κ3) is 3.26. The summed E-state index contributed by atoms with van der Waals surface area (Å²) in [5.74, 6) is 1.34. The van der Waals surface area contributed by atoms with E-state index >= 15 is 0 Å². The maximum Gasteiger partial charge on any atom is 0.132 e. The quantitative estimate of drug-likeness (QED) is 0.516. The zero-order chi connectivity index (χ0) is 13.7. The molecule has 4 nitrogen and oxygen atoms in total. The minimum atomic E-state index is 0.475. The van der Waals surface area contributed by atoms with E-state index in [0.29, 0.717) is 23.8 Å². The van der Waals surface area contributed by atoms with Crippen LogP contribution < -0.4 is 9.47 Å². The number of methoxy groups -OCH3 is 1. The van der Waals surface area contributed by atoms with Gasteiger partial charge in [-0.1, -0.05) is 5.16 Å². The number of hydrogen-bond donors (Lipinski definition) is 1. The van der Waals surface area contributed by atoms with Crippen molar-refractivity contribution in [3.05, 3.63) is 46.2 Å². The van der Waals surface area contributed by atoms with Gasteiger partial charge < -0.3 is 14.7 Å². The van der Waals surface area contributed by atoms with Crippen molar-refractivity contribution in [2.75, 3.05) is 7.11 Å². The maximum absolute atomic E-state index is 8.89. The minimum Gasteiger partial charge on any atom is -0.497 e. The minimum absolute atomic E-state index is 0.475. The molecule has 0 aliphatic carbocycles. The molecule has 0 spiro atoms. The second-order valence-corrected chi connectivity index (χ2v) is 4.75. The molecule has 2 rings (SSSR count). The Kier molecular flexibility index (Phi) is 4.41. The fourth-order valence-corrected chi connectivity index (χ4v) is 2.29. The lowest BCUT2D eigenvalue weighted by molar-refractivity contribution is 0.301. The molecule has 1 aromatic heterocycles. The Morgan fingerprint density at radius 2 is 2.21 bits per heavy atom. The van der Waals surface area contributed by atoms with E-state index < -0.39 is 0 Å². The van der Waals surface area contributed by atoms with Crippen molar-refractivity contribution < 1.29 is 14.7 Å². The molecule has 1 aromatic carbocycles. The van der Waals surface area contributed by atoms with Gasteiger partial charge in [-0.2, -0.15) is 11.3 Å². The average Bonchev–Trinajstić information content (AvgIpc) is 2.97. The highest BCUT2D eigenvalue weighted by Gasteiger charge is 2.09. The van der Waals surface area contributed by atoms with Crippen LogP contribution in [0.5, 0.6) is 11.5 Å². The van der Waals surface area contributed by atoms with Gasteiger partial charge >= 0.3 is 0 Å². The normalized spacial score (nSPS) is 11.4. The van der Waals surface area contributed by atoms with Gasteiger partial charge in [0.15, 0.2) is 0 Å². The van der Waals surface area contributed by atoms with Crippen LogP contribution in [0.3, 0.4) is 0 Å². The summed E-state index contributed by atoms with van der Waals surface area (Å²) >= 11 is 1.63. The lowest BCUT2D eigenvalue weighted by atomic mass is 10.1. The van der Waals surface area contributed by atoms with E-state index in [-0.39, 0.29) is 0 Å². The van der Waals surface area contributed by atoms with Gasteiger partial charge in [0.05, 0.1) is 12.8 Å². The second-order valence-electron chi connectivity index (χ2n) is 3.97. The number of hydrogen-bond acceptors (Lipinski definition) is 5. The molecule has 0 aliphatic heterocycles. The summed E-state index contributed by atoms with van der Waals surface area (Å²) in [4.78, 5) is 0. The van der Waals surface area contributed by atoms with Crippen LogP contribution in [-0.4, -0.2) is 18.0 Å². The van der Waals surface area contributed by atoms with Crippen LogP contribution in [-0.2, 0) is 6.61 Å². The molecule has 0 saturated heterocycles. The monoisotopic (exact) mass is 277 g/mol. The molecule has 0 saturated carbocycles.